The molecule has 3 nitrogen and oxygen atoms in total. The van der Waals surface area contributed by atoms with Gasteiger partial charge >= 0.3 is 0 Å². The zero-order valence-corrected chi connectivity index (χ0v) is 7.73. The first kappa shape index (κ1) is 9.86. The minimum absolute atomic E-state index is 0. The van der Waals surface area contributed by atoms with Crippen molar-refractivity contribution in [1.29, 1.82) is 0 Å². The number of amides is 1. The minimum Gasteiger partial charge on any atom is -0.384 e. The van der Waals surface area contributed by atoms with Crippen LogP contribution in [0, 0.1) is 6.07 Å². The Bertz CT molecular complexity index is 327. The molecule has 0 saturated heterocycles. The van der Waals surface area contributed by atoms with E-state index in [0.29, 0.717) is 6.54 Å². The van der Waals surface area contributed by atoms with Gasteiger partial charge in [-0.1, -0.05) is 12.1 Å². The molecule has 1 aromatic carbocycles. The average molecular weight is 198 g/mol. The van der Waals surface area contributed by atoms with Gasteiger partial charge in [0.15, 0.2) is 0 Å². The van der Waals surface area contributed by atoms with Gasteiger partial charge < -0.3 is 11.1 Å². The summed E-state index contributed by atoms with van der Waals surface area (Å²) in [5.74, 6) is -0.443. The molecule has 0 bridgehead atoms. The van der Waals surface area contributed by atoms with Gasteiger partial charge in [0.05, 0.1) is 5.92 Å². The third kappa shape index (κ3) is 1.60. The molecule has 13 heavy (non-hydrogen) atoms. The Kier molecular flexibility index (Phi) is 2.78. The molecule has 2 rings (SSSR count). The van der Waals surface area contributed by atoms with E-state index in [1.807, 2.05) is 12.1 Å². The van der Waals surface area contributed by atoms with Crippen molar-refractivity contribution >= 4 is 24.0 Å². The fourth-order valence-corrected chi connectivity index (χ4v) is 1.48. The lowest BCUT2D eigenvalue weighted by molar-refractivity contribution is -0.119. The van der Waals surface area contributed by atoms with Gasteiger partial charge in [0.2, 0.25) is 5.91 Å². The van der Waals surface area contributed by atoms with Gasteiger partial charge in [0, 0.05) is 12.2 Å². The van der Waals surface area contributed by atoms with Gasteiger partial charge in [-0.25, -0.2) is 0 Å². The van der Waals surface area contributed by atoms with E-state index in [1.54, 1.807) is 6.07 Å². The summed E-state index contributed by atoms with van der Waals surface area (Å²) in [6.07, 6.45) is 0. The summed E-state index contributed by atoms with van der Waals surface area (Å²) < 4.78 is 0. The molecule has 0 aromatic heterocycles. The van der Waals surface area contributed by atoms with Crippen molar-refractivity contribution in [1.82, 2.24) is 0 Å². The highest BCUT2D eigenvalue weighted by Gasteiger charge is 2.25. The third-order valence-corrected chi connectivity index (χ3v) is 2.11. The highest BCUT2D eigenvalue weighted by molar-refractivity contribution is 5.86. The highest BCUT2D eigenvalue weighted by Crippen LogP contribution is 2.30. The summed E-state index contributed by atoms with van der Waals surface area (Å²) >= 11 is 0. The fraction of sp³-hybridized carbons (Fsp3) is 0.222. The number of halogens is 1. The molecule has 0 saturated carbocycles. The summed E-state index contributed by atoms with van der Waals surface area (Å²) in [6.45, 7) is 0.614. The zero-order chi connectivity index (χ0) is 8.55. The van der Waals surface area contributed by atoms with Crippen molar-refractivity contribution < 1.29 is 4.79 Å². The largest absolute Gasteiger partial charge is 0.384 e. The number of nitrogens with two attached hydrogens (primary N) is 1. The predicted molar refractivity (Wildman–Crippen MR) is 53.0 cm³/mol. The lowest BCUT2D eigenvalue weighted by Crippen LogP contribution is -2.22. The number of hydrogen-bond acceptors (Lipinski definition) is 2. The van der Waals surface area contributed by atoms with E-state index in [9.17, 15) is 4.79 Å². The molecule has 0 spiro atoms. The van der Waals surface area contributed by atoms with Crippen LogP contribution in [0.2, 0.25) is 0 Å². The normalized spacial score (nSPS) is 18.3. The van der Waals surface area contributed by atoms with Crippen LogP contribution in [-0.2, 0) is 4.79 Å². The molecule has 1 aromatic rings. The lowest BCUT2D eigenvalue weighted by Gasteiger charge is -2.02. The maximum atomic E-state index is 10.9. The van der Waals surface area contributed by atoms with Crippen molar-refractivity contribution in [3.05, 3.63) is 29.8 Å². The van der Waals surface area contributed by atoms with E-state index in [1.165, 1.54) is 0 Å². The molecule has 69 valence electrons. The number of carbonyl (C=O) groups excluding carboxylic acids is 1. The molecule has 1 aliphatic rings. The first-order chi connectivity index (χ1) is 5.79. The maximum Gasteiger partial charge on any atom is 0.226 e. The summed E-state index contributed by atoms with van der Waals surface area (Å²) in [5.41, 5.74) is 7.18. The van der Waals surface area contributed by atoms with E-state index >= 15 is 0 Å². The minimum atomic E-state index is -0.271. The van der Waals surface area contributed by atoms with Gasteiger partial charge in [-0.05, 0) is 17.7 Å². The van der Waals surface area contributed by atoms with Crippen molar-refractivity contribution in [3.63, 3.8) is 0 Å². The van der Waals surface area contributed by atoms with E-state index in [2.05, 4.69) is 11.4 Å². The van der Waals surface area contributed by atoms with Crippen LogP contribution in [0.4, 0.5) is 5.69 Å². The number of nitrogens with one attached hydrogen (secondary N) is 1. The van der Waals surface area contributed by atoms with Crippen molar-refractivity contribution in [3.8, 4) is 0 Å². The fourth-order valence-electron chi connectivity index (χ4n) is 1.48. The number of carbonyl (C=O) groups is 1. The Morgan fingerprint density at radius 1 is 1.69 bits per heavy atom. The Labute approximate surface area is 82.7 Å². The molecular formula is C9H10ClN2O. The van der Waals surface area contributed by atoms with Crippen LogP contribution in [-0.4, -0.2) is 12.5 Å². The number of rotatable bonds is 1. The Morgan fingerprint density at radius 3 is 3.15 bits per heavy atom. The topological polar surface area (TPSA) is 55.1 Å². The van der Waals surface area contributed by atoms with Crippen LogP contribution < -0.4 is 11.1 Å². The van der Waals surface area contributed by atoms with Crippen molar-refractivity contribution in [2.24, 2.45) is 5.73 Å². The average Bonchev–Trinajstić information content (AvgIpc) is 2.47. The molecule has 0 fully saturated rings. The van der Waals surface area contributed by atoms with Crippen LogP contribution in [0.3, 0.4) is 0 Å². The van der Waals surface area contributed by atoms with Crippen LogP contribution in [0.1, 0.15) is 11.5 Å². The first-order valence-corrected chi connectivity index (χ1v) is 3.82. The Hall–Kier alpha value is -1.22. The van der Waals surface area contributed by atoms with Gasteiger partial charge in [0.25, 0.3) is 0 Å². The molecule has 1 amide bonds. The van der Waals surface area contributed by atoms with Gasteiger partial charge in [-0.2, -0.15) is 0 Å². The smallest absolute Gasteiger partial charge is 0.226 e. The van der Waals surface area contributed by atoms with Crippen molar-refractivity contribution in [2.45, 2.75) is 5.92 Å². The molecule has 1 atom stereocenters. The van der Waals surface area contributed by atoms with E-state index < -0.39 is 0 Å². The molecule has 4 heteroatoms. The third-order valence-electron chi connectivity index (χ3n) is 2.11. The van der Waals surface area contributed by atoms with Gasteiger partial charge in [-0.15, -0.1) is 12.4 Å². The van der Waals surface area contributed by atoms with Crippen LogP contribution in [0.25, 0.3) is 0 Å². The number of hydrogen-bond donors (Lipinski definition) is 2. The molecular weight excluding hydrogens is 188 g/mol. The SMILES string of the molecule is Cl.NC(=O)C1CNc2c[c]ccc21. The molecule has 1 aliphatic heterocycles. The Balaban J connectivity index is 0.000000845. The van der Waals surface area contributed by atoms with Gasteiger partial charge in [-0.3, -0.25) is 4.79 Å². The van der Waals surface area contributed by atoms with E-state index in [0.717, 1.165) is 11.3 Å². The van der Waals surface area contributed by atoms with E-state index in [-0.39, 0.29) is 24.2 Å². The second kappa shape index (κ2) is 3.66. The standard InChI is InChI=1S/C9H9N2O.ClH/c10-9(12)7-5-11-8-4-2-1-3-6(7)8;/h1,3-4,7,11H,5H2,(H2,10,12);1H. The van der Waals surface area contributed by atoms with Crippen LogP contribution >= 0.6 is 12.4 Å². The summed E-state index contributed by atoms with van der Waals surface area (Å²) in [7, 11) is 0. The number of fused-ring (bicyclic) bond motifs is 1. The number of anilines is 1. The second-order valence-corrected chi connectivity index (χ2v) is 2.85. The quantitative estimate of drug-likeness (QED) is 0.703. The summed E-state index contributed by atoms with van der Waals surface area (Å²) in [4.78, 5) is 10.9. The first-order valence-electron chi connectivity index (χ1n) is 3.82. The number of primary amides is 1. The zero-order valence-electron chi connectivity index (χ0n) is 6.91. The molecule has 3 N–H and O–H groups in total. The number of benzene rings is 1. The second-order valence-electron chi connectivity index (χ2n) is 2.85. The van der Waals surface area contributed by atoms with Gasteiger partial charge in [0.1, 0.15) is 0 Å². The monoisotopic (exact) mass is 197 g/mol. The Morgan fingerprint density at radius 2 is 2.46 bits per heavy atom. The van der Waals surface area contributed by atoms with Crippen LogP contribution in [0.15, 0.2) is 18.2 Å². The van der Waals surface area contributed by atoms with E-state index in [4.69, 9.17) is 5.73 Å². The van der Waals surface area contributed by atoms with Crippen molar-refractivity contribution in [2.75, 3.05) is 11.9 Å². The molecule has 1 unspecified atom stereocenters. The maximum absolute atomic E-state index is 10.9. The predicted octanol–water partition coefficient (Wildman–Crippen LogP) is 0.903. The molecule has 1 heterocycles. The molecule has 1 radical (unpaired) electrons. The van der Waals surface area contributed by atoms with Crippen LogP contribution in [0.5, 0.6) is 0 Å². The summed E-state index contributed by atoms with van der Waals surface area (Å²) in [6, 6.07) is 8.44. The highest BCUT2D eigenvalue weighted by atomic mass is 35.5. The lowest BCUT2D eigenvalue weighted by atomic mass is 10.0. The summed E-state index contributed by atoms with van der Waals surface area (Å²) in [5, 5.41) is 3.10. The molecule has 0 aliphatic carbocycles.